The third-order valence-corrected chi connectivity index (χ3v) is 5.03. The van der Waals surface area contributed by atoms with E-state index in [4.69, 9.17) is 6.42 Å². The van der Waals surface area contributed by atoms with Crippen molar-refractivity contribution < 1.29 is 4.79 Å². The van der Waals surface area contributed by atoms with E-state index in [2.05, 4.69) is 49.3 Å². The molecule has 2 aromatic carbocycles. The lowest BCUT2D eigenvalue weighted by molar-refractivity contribution is -0.118. The van der Waals surface area contributed by atoms with Gasteiger partial charge in [0.1, 0.15) is 5.78 Å². The van der Waals surface area contributed by atoms with Crippen LogP contribution in [0.3, 0.4) is 0 Å². The van der Waals surface area contributed by atoms with Crippen molar-refractivity contribution in [1.29, 1.82) is 0 Å². The first-order valence-corrected chi connectivity index (χ1v) is 9.24. The van der Waals surface area contributed by atoms with Crippen LogP contribution in [0.15, 0.2) is 72.3 Å². The molecule has 0 fully saturated rings. The molecule has 0 saturated carbocycles. The molecule has 0 saturated heterocycles. The monoisotopic (exact) mass is 340 g/mol. The molecular weight excluding hydrogens is 316 g/mol. The maximum Gasteiger partial charge on any atom is 0.137 e. The Morgan fingerprint density at radius 3 is 2.42 bits per heavy atom. The van der Waals surface area contributed by atoms with Crippen LogP contribution in [0.2, 0.25) is 0 Å². The summed E-state index contributed by atoms with van der Waals surface area (Å²) in [7, 11) is 0. The minimum atomic E-state index is 0.280. The van der Waals surface area contributed by atoms with Gasteiger partial charge in [-0.3, -0.25) is 4.79 Å². The predicted octanol–water partition coefficient (Wildman–Crippen LogP) is 5.61. The van der Waals surface area contributed by atoms with Gasteiger partial charge >= 0.3 is 0 Å². The maximum atomic E-state index is 12.4. The molecule has 1 atom stereocenters. The first-order chi connectivity index (χ1) is 12.7. The van der Waals surface area contributed by atoms with Crippen molar-refractivity contribution >= 4 is 11.4 Å². The van der Waals surface area contributed by atoms with Gasteiger partial charge in [0, 0.05) is 24.3 Å². The molecule has 0 radical (unpaired) electrons. The third-order valence-electron chi connectivity index (χ3n) is 5.03. The van der Waals surface area contributed by atoms with Gasteiger partial charge in [-0.05, 0) is 41.7 Å². The molecule has 1 nitrogen and oxygen atoms in total. The quantitative estimate of drug-likeness (QED) is 0.599. The average Bonchev–Trinajstić information content (AvgIpc) is 3.10. The van der Waals surface area contributed by atoms with Crippen LogP contribution in [0.4, 0.5) is 0 Å². The highest BCUT2D eigenvalue weighted by atomic mass is 16.1. The molecule has 130 valence electrons. The van der Waals surface area contributed by atoms with Crippen LogP contribution in [0, 0.1) is 18.3 Å². The molecule has 0 N–H and O–H groups in total. The van der Waals surface area contributed by atoms with Gasteiger partial charge in [-0.25, -0.2) is 0 Å². The molecule has 3 rings (SSSR count). The number of benzene rings is 2. The van der Waals surface area contributed by atoms with E-state index in [0.29, 0.717) is 18.8 Å². The molecule has 26 heavy (non-hydrogen) atoms. The Kier molecular flexibility index (Phi) is 5.87. The molecule has 1 aliphatic carbocycles. The van der Waals surface area contributed by atoms with Crippen LogP contribution < -0.4 is 0 Å². The zero-order valence-electron chi connectivity index (χ0n) is 15.2. The van der Waals surface area contributed by atoms with Crippen molar-refractivity contribution in [2.24, 2.45) is 5.92 Å². The topological polar surface area (TPSA) is 17.1 Å². The van der Waals surface area contributed by atoms with Crippen molar-refractivity contribution in [3.05, 3.63) is 89.0 Å². The van der Waals surface area contributed by atoms with Crippen LogP contribution in [-0.4, -0.2) is 5.78 Å². The highest BCUT2D eigenvalue weighted by molar-refractivity contribution is 5.81. The van der Waals surface area contributed by atoms with Crippen LogP contribution in [0.5, 0.6) is 0 Å². The van der Waals surface area contributed by atoms with Gasteiger partial charge in [0.2, 0.25) is 0 Å². The summed E-state index contributed by atoms with van der Waals surface area (Å²) >= 11 is 0. The summed E-state index contributed by atoms with van der Waals surface area (Å²) in [6, 6.07) is 18.2. The second-order valence-electron chi connectivity index (χ2n) is 6.75. The highest BCUT2D eigenvalue weighted by Crippen LogP contribution is 2.38. The lowest BCUT2D eigenvalue weighted by atomic mass is 9.86. The SMILES string of the molecule is C#Cc1ccc(CC(=O)CCC2=CC=C(c3ccccc3)C2CC)cc1. The lowest BCUT2D eigenvalue weighted by Crippen LogP contribution is -2.07. The normalized spacial score (nSPS) is 15.9. The summed E-state index contributed by atoms with van der Waals surface area (Å²) in [5, 5.41) is 0. The first kappa shape index (κ1) is 18.0. The lowest BCUT2D eigenvalue weighted by Gasteiger charge is -2.18. The summed E-state index contributed by atoms with van der Waals surface area (Å²) in [6.45, 7) is 2.22. The van der Waals surface area contributed by atoms with Crippen molar-refractivity contribution in [3.8, 4) is 12.3 Å². The van der Waals surface area contributed by atoms with Gasteiger partial charge in [-0.15, -0.1) is 6.42 Å². The van der Waals surface area contributed by atoms with Gasteiger partial charge < -0.3 is 0 Å². The van der Waals surface area contributed by atoms with E-state index in [0.717, 1.165) is 24.0 Å². The minimum absolute atomic E-state index is 0.280. The molecule has 1 heteroatoms. The second kappa shape index (κ2) is 8.50. The molecule has 0 heterocycles. The average molecular weight is 340 g/mol. The van der Waals surface area contributed by atoms with E-state index in [1.54, 1.807) is 0 Å². The van der Waals surface area contributed by atoms with Crippen molar-refractivity contribution in [1.82, 2.24) is 0 Å². The molecule has 0 spiro atoms. The smallest absolute Gasteiger partial charge is 0.137 e. The Balaban J connectivity index is 1.56. The Bertz CT molecular complexity index is 861. The van der Waals surface area contributed by atoms with Crippen LogP contribution in [0.25, 0.3) is 5.57 Å². The van der Waals surface area contributed by atoms with Gasteiger partial charge in [0.05, 0.1) is 0 Å². The van der Waals surface area contributed by atoms with Gasteiger partial charge in [0.15, 0.2) is 0 Å². The molecule has 0 bridgehead atoms. The number of rotatable bonds is 7. The molecule has 1 aliphatic rings. The number of hydrogen-bond acceptors (Lipinski definition) is 1. The first-order valence-electron chi connectivity index (χ1n) is 9.24. The van der Waals surface area contributed by atoms with Crippen molar-refractivity contribution in [2.45, 2.75) is 32.6 Å². The maximum absolute atomic E-state index is 12.4. The fourth-order valence-electron chi connectivity index (χ4n) is 3.62. The van der Waals surface area contributed by atoms with Gasteiger partial charge in [0.25, 0.3) is 0 Å². The van der Waals surface area contributed by atoms with E-state index in [1.165, 1.54) is 16.7 Å². The van der Waals surface area contributed by atoms with E-state index >= 15 is 0 Å². The highest BCUT2D eigenvalue weighted by Gasteiger charge is 2.22. The van der Waals surface area contributed by atoms with E-state index in [9.17, 15) is 4.79 Å². The van der Waals surface area contributed by atoms with Crippen LogP contribution in [0.1, 0.15) is 42.9 Å². The van der Waals surface area contributed by atoms with Crippen LogP contribution >= 0.6 is 0 Å². The summed E-state index contributed by atoms with van der Waals surface area (Å²) in [5.74, 6) is 3.31. The molecule has 2 aromatic rings. The van der Waals surface area contributed by atoms with Gasteiger partial charge in [-0.2, -0.15) is 0 Å². The number of carbonyl (C=O) groups is 1. The number of allylic oxidation sites excluding steroid dienone is 4. The number of carbonyl (C=O) groups excluding carboxylic acids is 1. The molecule has 0 aromatic heterocycles. The summed E-state index contributed by atoms with van der Waals surface area (Å²) in [4.78, 5) is 12.4. The summed E-state index contributed by atoms with van der Waals surface area (Å²) < 4.78 is 0. The van der Waals surface area contributed by atoms with E-state index in [-0.39, 0.29) is 5.78 Å². The summed E-state index contributed by atoms with van der Waals surface area (Å²) in [5.41, 5.74) is 5.92. The number of Topliss-reactive ketones (excluding diaryl/α,β-unsaturated/α-hetero) is 1. The van der Waals surface area contributed by atoms with E-state index in [1.807, 2.05) is 30.3 Å². The van der Waals surface area contributed by atoms with Gasteiger partial charge in [-0.1, -0.05) is 73.0 Å². The number of ketones is 1. The fraction of sp³-hybridized carbons (Fsp3) is 0.240. The van der Waals surface area contributed by atoms with Crippen molar-refractivity contribution in [3.63, 3.8) is 0 Å². The molecular formula is C25H24O. The Hall–Kier alpha value is -2.85. The Labute approximate surface area is 156 Å². The van der Waals surface area contributed by atoms with Crippen molar-refractivity contribution in [2.75, 3.05) is 0 Å². The number of hydrogen-bond donors (Lipinski definition) is 0. The molecule has 0 amide bonds. The number of terminal acetylenes is 1. The third kappa shape index (κ3) is 4.21. The predicted molar refractivity (Wildman–Crippen MR) is 109 cm³/mol. The largest absolute Gasteiger partial charge is 0.299 e. The summed E-state index contributed by atoms with van der Waals surface area (Å²) in [6.07, 6.45) is 12.8. The molecule has 0 aliphatic heterocycles. The van der Waals surface area contributed by atoms with Crippen LogP contribution in [-0.2, 0) is 11.2 Å². The fourth-order valence-corrected chi connectivity index (χ4v) is 3.62. The zero-order valence-corrected chi connectivity index (χ0v) is 15.2. The minimum Gasteiger partial charge on any atom is -0.299 e. The Morgan fingerprint density at radius 1 is 1.04 bits per heavy atom. The standard InChI is InChI=1S/C25H24O/c1-3-19-10-12-20(13-11-19)18-23(26)16-14-22-15-17-25(24(22)4-2)21-8-6-5-7-9-21/h1,5-13,15,17,24H,4,14,16,18H2,2H3. The molecule has 1 unspecified atom stereocenters. The van der Waals surface area contributed by atoms with E-state index < -0.39 is 0 Å². The zero-order chi connectivity index (χ0) is 18.4. The Morgan fingerprint density at radius 2 is 1.77 bits per heavy atom. The second-order valence-corrected chi connectivity index (χ2v) is 6.75.